The van der Waals surface area contributed by atoms with Gasteiger partial charge in [0.1, 0.15) is 5.02 Å². The Balaban J connectivity index is 1.99. The molecule has 2 unspecified atom stereocenters. The number of nitro benzene ring substituents is 1. The molecular formula is C14H18ClN3O4. The Morgan fingerprint density at radius 1 is 1.55 bits per heavy atom. The Bertz CT molecular complexity index is 581. The lowest BCUT2D eigenvalue weighted by Gasteiger charge is -2.23. The van der Waals surface area contributed by atoms with Crippen molar-refractivity contribution in [2.75, 3.05) is 18.9 Å². The van der Waals surface area contributed by atoms with E-state index in [1.807, 2.05) is 0 Å². The van der Waals surface area contributed by atoms with Gasteiger partial charge in [0.25, 0.3) is 5.69 Å². The van der Waals surface area contributed by atoms with Crippen molar-refractivity contribution in [2.24, 2.45) is 5.92 Å². The largest absolute Gasteiger partial charge is 0.393 e. The zero-order chi connectivity index (χ0) is 16.3. The van der Waals surface area contributed by atoms with Gasteiger partial charge in [0.05, 0.1) is 11.0 Å². The van der Waals surface area contributed by atoms with E-state index in [4.69, 9.17) is 11.6 Å². The summed E-state index contributed by atoms with van der Waals surface area (Å²) in [6.07, 6.45) is 2.26. The van der Waals surface area contributed by atoms with Crippen LogP contribution < -0.4 is 5.32 Å². The number of carbonyl (C=O) groups is 1. The van der Waals surface area contributed by atoms with E-state index in [2.05, 4.69) is 5.32 Å². The van der Waals surface area contributed by atoms with Gasteiger partial charge in [0.15, 0.2) is 0 Å². The molecule has 0 aliphatic heterocycles. The van der Waals surface area contributed by atoms with Gasteiger partial charge in [-0.1, -0.05) is 18.0 Å². The highest BCUT2D eigenvalue weighted by Gasteiger charge is 2.27. The van der Waals surface area contributed by atoms with E-state index >= 15 is 0 Å². The quantitative estimate of drug-likeness (QED) is 0.656. The molecule has 2 rings (SSSR count). The number of hydrogen-bond acceptors (Lipinski definition) is 4. The second-order valence-electron chi connectivity index (χ2n) is 5.49. The first kappa shape index (κ1) is 16.5. The van der Waals surface area contributed by atoms with Crippen LogP contribution in [-0.4, -0.2) is 40.7 Å². The lowest BCUT2D eigenvalue weighted by Crippen LogP contribution is -2.37. The van der Waals surface area contributed by atoms with Crippen LogP contribution in [-0.2, 0) is 0 Å². The summed E-state index contributed by atoms with van der Waals surface area (Å²) >= 11 is 5.73. The number of amides is 2. The Morgan fingerprint density at radius 3 is 2.86 bits per heavy atom. The van der Waals surface area contributed by atoms with Crippen LogP contribution in [0, 0.1) is 16.0 Å². The number of nitrogens with zero attached hydrogens (tertiary/aromatic N) is 2. The predicted molar refractivity (Wildman–Crippen MR) is 83.1 cm³/mol. The highest BCUT2D eigenvalue weighted by atomic mass is 35.5. The highest BCUT2D eigenvalue weighted by molar-refractivity contribution is 6.32. The van der Waals surface area contributed by atoms with E-state index < -0.39 is 4.92 Å². The van der Waals surface area contributed by atoms with Crippen LogP contribution in [0.2, 0.25) is 5.02 Å². The van der Waals surface area contributed by atoms with Crippen molar-refractivity contribution >= 4 is 29.0 Å². The molecule has 0 aromatic heterocycles. The summed E-state index contributed by atoms with van der Waals surface area (Å²) in [5.41, 5.74) is 0.0493. The minimum Gasteiger partial charge on any atom is -0.393 e. The third-order valence-corrected chi connectivity index (χ3v) is 4.19. The van der Waals surface area contributed by atoms with Crippen LogP contribution in [0.15, 0.2) is 18.2 Å². The summed E-state index contributed by atoms with van der Waals surface area (Å²) in [5.74, 6) is 0.0790. The Kier molecular flexibility index (Phi) is 5.20. The van der Waals surface area contributed by atoms with Crippen molar-refractivity contribution in [3.63, 3.8) is 0 Å². The van der Waals surface area contributed by atoms with Crippen molar-refractivity contribution in [3.8, 4) is 0 Å². The van der Waals surface area contributed by atoms with Gasteiger partial charge in [0, 0.05) is 31.3 Å². The van der Waals surface area contributed by atoms with Crippen LogP contribution in [0.4, 0.5) is 16.2 Å². The minimum absolute atomic E-state index is 0.0189. The molecule has 0 saturated heterocycles. The number of anilines is 1. The molecule has 8 heteroatoms. The zero-order valence-corrected chi connectivity index (χ0v) is 12.9. The zero-order valence-electron chi connectivity index (χ0n) is 12.2. The van der Waals surface area contributed by atoms with Crippen LogP contribution >= 0.6 is 11.6 Å². The van der Waals surface area contributed by atoms with Gasteiger partial charge in [-0.25, -0.2) is 4.79 Å². The predicted octanol–water partition coefficient (Wildman–Crippen LogP) is 2.87. The molecule has 0 heterocycles. The maximum Gasteiger partial charge on any atom is 0.321 e. The number of aliphatic hydroxyl groups is 1. The second kappa shape index (κ2) is 6.93. The molecule has 2 atom stereocenters. The molecule has 1 fully saturated rings. The third-order valence-electron chi connectivity index (χ3n) is 3.87. The summed E-state index contributed by atoms with van der Waals surface area (Å²) in [5, 5.41) is 23.2. The van der Waals surface area contributed by atoms with Crippen LogP contribution in [0.25, 0.3) is 0 Å². The first-order valence-electron chi connectivity index (χ1n) is 7.02. The average molecular weight is 328 g/mol. The number of nitrogens with one attached hydrogen (secondary N) is 1. The molecule has 1 aromatic carbocycles. The third kappa shape index (κ3) is 3.86. The number of urea groups is 1. The van der Waals surface area contributed by atoms with Gasteiger partial charge in [-0.15, -0.1) is 0 Å². The van der Waals surface area contributed by atoms with Crippen molar-refractivity contribution < 1.29 is 14.8 Å². The molecule has 7 nitrogen and oxygen atoms in total. The van der Waals surface area contributed by atoms with Crippen molar-refractivity contribution in [1.29, 1.82) is 0 Å². The maximum atomic E-state index is 12.1. The lowest BCUT2D eigenvalue weighted by atomic mass is 10.1. The fourth-order valence-electron chi connectivity index (χ4n) is 2.61. The summed E-state index contributed by atoms with van der Waals surface area (Å²) in [7, 11) is 1.63. The molecule has 2 N–H and O–H groups in total. The minimum atomic E-state index is -0.601. The van der Waals surface area contributed by atoms with E-state index in [1.165, 1.54) is 23.1 Å². The average Bonchev–Trinajstić information content (AvgIpc) is 2.86. The standard InChI is InChI=1S/C14H18ClN3O4/c1-17(8-9-3-2-4-13(9)19)14(20)16-10-5-6-11(15)12(7-10)18(21)22/h5-7,9,13,19H,2-4,8H2,1H3,(H,16,20). The number of rotatable bonds is 4. The Hall–Kier alpha value is -1.86. The molecule has 0 bridgehead atoms. The van der Waals surface area contributed by atoms with E-state index in [0.717, 1.165) is 19.3 Å². The molecule has 2 amide bonds. The number of halogens is 1. The first-order valence-corrected chi connectivity index (χ1v) is 7.40. The summed E-state index contributed by atoms with van der Waals surface area (Å²) in [4.78, 5) is 23.8. The van der Waals surface area contributed by atoms with E-state index in [0.29, 0.717) is 12.2 Å². The number of aliphatic hydroxyl groups excluding tert-OH is 1. The molecule has 1 aliphatic carbocycles. The van der Waals surface area contributed by atoms with Crippen molar-refractivity contribution in [3.05, 3.63) is 33.3 Å². The molecule has 120 valence electrons. The first-order chi connectivity index (χ1) is 10.4. The summed E-state index contributed by atoms with van der Waals surface area (Å²) in [6, 6.07) is 3.72. The maximum absolute atomic E-state index is 12.1. The van der Waals surface area contributed by atoms with Crippen LogP contribution in [0.1, 0.15) is 19.3 Å². The van der Waals surface area contributed by atoms with Gasteiger partial charge in [-0.3, -0.25) is 10.1 Å². The summed E-state index contributed by atoms with van der Waals surface area (Å²) < 4.78 is 0. The molecule has 1 aliphatic rings. The molecular weight excluding hydrogens is 310 g/mol. The highest BCUT2D eigenvalue weighted by Crippen LogP contribution is 2.28. The van der Waals surface area contributed by atoms with Gasteiger partial charge in [-0.2, -0.15) is 0 Å². The number of hydrogen-bond donors (Lipinski definition) is 2. The fraction of sp³-hybridized carbons (Fsp3) is 0.500. The number of carbonyl (C=O) groups excluding carboxylic acids is 1. The van der Waals surface area contributed by atoms with Crippen molar-refractivity contribution in [2.45, 2.75) is 25.4 Å². The normalized spacial score (nSPS) is 20.7. The monoisotopic (exact) mass is 327 g/mol. The van der Waals surface area contributed by atoms with Crippen LogP contribution in [0.5, 0.6) is 0 Å². The fourth-order valence-corrected chi connectivity index (χ4v) is 2.80. The van der Waals surface area contributed by atoms with E-state index in [9.17, 15) is 20.0 Å². The van der Waals surface area contributed by atoms with Crippen molar-refractivity contribution in [1.82, 2.24) is 4.90 Å². The topological polar surface area (TPSA) is 95.7 Å². The Morgan fingerprint density at radius 2 is 2.27 bits per heavy atom. The van der Waals surface area contributed by atoms with Gasteiger partial charge in [-0.05, 0) is 25.0 Å². The molecule has 1 aromatic rings. The van der Waals surface area contributed by atoms with Gasteiger partial charge < -0.3 is 15.3 Å². The van der Waals surface area contributed by atoms with Gasteiger partial charge >= 0.3 is 6.03 Å². The lowest BCUT2D eigenvalue weighted by molar-refractivity contribution is -0.384. The second-order valence-corrected chi connectivity index (χ2v) is 5.90. The van der Waals surface area contributed by atoms with E-state index in [1.54, 1.807) is 7.05 Å². The molecule has 0 spiro atoms. The Labute approximate surface area is 133 Å². The number of benzene rings is 1. The molecule has 1 saturated carbocycles. The SMILES string of the molecule is CN(CC1CCCC1O)C(=O)Nc1ccc(Cl)c([N+](=O)[O-])c1. The van der Waals surface area contributed by atoms with E-state index in [-0.39, 0.29) is 28.8 Å². The molecule has 22 heavy (non-hydrogen) atoms. The van der Waals surface area contributed by atoms with Gasteiger partial charge in [0.2, 0.25) is 0 Å². The van der Waals surface area contributed by atoms with Crippen LogP contribution in [0.3, 0.4) is 0 Å². The summed E-state index contributed by atoms with van der Waals surface area (Å²) in [6.45, 7) is 0.447. The number of nitro groups is 1. The smallest absolute Gasteiger partial charge is 0.321 e. The molecule has 0 radical (unpaired) electrons.